The van der Waals surface area contributed by atoms with Gasteiger partial charge < -0.3 is 10.0 Å². The van der Waals surface area contributed by atoms with E-state index in [9.17, 15) is 23.1 Å². The van der Waals surface area contributed by atoms with Crippen LogP contribution in [0.1, 0.15) is 12.0 Å². The highest BCUT2D eigenvalue weighted by atomic mass is 19.4. The van der Waals surface area contributed by atoms with Crippen molar-refractivity contribution in [2.75, 3.05) is 18.4 Å². The molecule has 1 unspecified atom stereocenters. The van der Waals surface area contributed by atoms with E-state index in [1.54, 1.807) is 0 Å². The van der Waals surface area contributed by atoms with Crippen LogP contribution in [0.3, 0.4) is 0 Å². The van der Waals surface area contributed by atoms with Crippen molar-refractivity contribution in [1.29, 1.82) is 0 Å². The van der Waals surface area contributed by atoms with Crippen LogP contribution in [0.4, 0.5) is 23.8 Å². The second-order valence-electron chi connectivity index (χ2n) is 5.51. The molecule has 1 aliphatic heterocycles. The molecule has 24 heavy (non-hydrogen) atoms. The number of benzene rings is 1. The number of carbonyl (C=O) groups excluding carboxylic acids is 1. The van der Waals surface area contributed by atoms with Gasteiger partial charge in [0.2, 0.25) is 0 Å². The summed E-state index contributed by atoms with van der Waals surface area (Å²) in [5.74, 6) is 0.221. The predicted molar refractivity (Wildman–Crippen MR) is 79.8 cm³/mol. The van der Waals surface area contributed by atoms with E-state index >= 15 is 0 Å². The highest BCUT2D eigenvalue weighted by molar-refractivity contribution is 5.88. The van der Waals surface area contributed by atoms with Crippen molar-refractivity contribution >= 4 is 11.8 Å². The number of carbonyl (C=O) groups is 1. The van der Waals surface area contributed by atoms with Crippen LogP contribution in [0.5, 0.6) is 0 Å². The van der Waals surface area contributed by atoms with E-state index in [0.717, 1.165) is 12.1 Å². The number of nitrogens with zero attached hydrogens (tertiary/aromatic N) is 3. The molecule has 128 valence electrons. The molecular formula is C15H15F3N4O2. The summed E-state index contributed by atoms with van der Waals surface area (Å²) >= 11 is 0. The number of anilines is 1. The molecule has 1 atom stereocenters. The molecule has 2 amide bonds. The lowest BCUT2D eigenvalue weighted by atomic mass is 10.2. The molecule has 0 radical (unpaired) electrons. The maximum Gasteiger partial charge on any atom is 0.416 e. The number of aliphatic hydroxyl groups excluding tert-OH is 1. The SMILES string of the molecule is O=C(Nc1ccn(-c2cccc(C(F)(F)F)c2)n1)N1CCC(O)C1. The van der Waals surface area contributed by atoms with Crippen LogP contribution in [-0.4, -0.2) is 45.0 Å². The summed E-state index contributed by atoms with van der Waals surface area (Å²) in [7, 11) is 0. The number of aliphatic hydroxyl groups is 1. The lowest BCUT2D eigenvalue weighted by Gasteiger charge is -2.15. The van der Waals surface area contributed by atoms with E-state index in [1.165, 1.54) is 34.0 Å². The molecule has 1 aliphatic rings. The van der Waals surface area contributed by atoms with Crippen molar-refractivity contribution in [3.05, 3.63) is 42.1 Å². The molecule has 2 aromatic rings. The summed E-state index contributed by atoms with van der Waals surface area (Å²) in [5.41, 5.74) is -0.533. The smallest absolute Gasteiger partial charge is 0.391 e. The second kappa shape index (κ2) is 6.16. The summed E-state index contributed by atoms with van der Waals surface area (Å²) in [6.45, 7) is 0.696. The van der Waals surface area contributed by atoms with Gasteiger partial charge in [-0.3, -0.25) is 5.32 Å². The van der Waals surface area contributed by atoms with Gasteiger partial charge in [-0.05, 0) is 24.6 Å². The summed E-state index contributed by atoms with van der Waals surface area (Å²) in [6, 6.07) is 5.84. The van der Waals surface area contributed by atoms with Gasteiger partial charge in [0.15, 0.2) is 5.82 Å². The van der Waals surface area contributed by atoms with Crippen molar-refractivity contribution < 1.29 is 23.1 Å². The lowest BCUT2D eigenvalue weighted by Crippen LogP contribution is -2.33. The number of nitrogens with one attached hydrogen (secondary N) is 1. The van der Waals surface area contributed by atoms with Crippen LogP contribution < -0.4 is 5.32 Å². The first-order valence-corrected chi connectivity index (χ1v) is 7.30. The van der Waals surface area contributed by atoms with Gasteiger partial charge in [-0.15, -0.1) is 5.10 Å². The normalized spacial score (nSPS) is 18.0. The number of rotatable bonds is 2. The van der Waals surface area contributed by atoms with E-state index in [4.69, 9.17) is 0 Å². The minimum absolute atomic E-state index is 0.221. The minimum atomic E-state index is -4.43. The second-order valence-corrected chi connectivity index (χ2v) is 5.51. The molecule has 2 N–H and O–H groups in total. The quantitative estimate of drug-likeness (QED) is 0.882. The van der Waals surface area contributed by atoms with Crippen LogP contribution in [-0.2, 0) is 6.18 Å². The standard InChI is InChI=1S/C15H15F3N4O2/c16-15(17,18)10-2-1-3-11(8-10)22-7-5-13(20-22)19-14(24)21-6-4-12(23)9-21/h1-3,5,7-8,12,23H,4,6,9H2,(H,19,20,24). The zero-order valence-electron chi connectivity index (χ0n) is 12.5. The third-order valence-electron chi connectivity index (χ3n) is 3.71. The Balaban J connectivity index is 1.73. The van der Waals surface area contributed by atoms with Crippen molar-refractivity contribution in [2.45, 2.75) is 18.7 Å². The fourth-order valence-electron chi connectivity index (χ4n) is 2.47. The highest BCUT2D eigenvalue weighted by Gasteiger charge is 2.30. The number of alkyl halides is 3. The number of amides is 2. The number of aromatic nitrogens is 2. The summed E-state index contributed by atoms with van der Waals surface area (Å²) in [5, 5.41) is 16.0. The first kappa shape index (κ1) is 16.3. The topological polar surface area (TPSA) is 70.4 Å². The molecule has 0 saturated carbocycles. The fraction of sp³-hybridized carbons (Fsp3) is 0.333. The highest BCUT2D eigenvalue weighted by Crippen LogP contribution is 2.30. The maximum atomic E-state index is 12.8. The molecule has 9 heteroatoms. The number of halogens is 3. The van der Waals surface area contributed by atoms with Gasteiger partial charge in [-0.2, -0.15) is 13.2 Å². The van der Waals surface area contributed by atoms with Crippen LogP contribution in [0.2, 0.25) is 0 Å². The zero-order valence-corrected chi connectivity index (χ0v) is 12.5. The van der Waals surface area contributed by atoms with Gasteiger partial charge in [0.05, 0.1) is 17.4 Å². The molecule has 1 aromatic carbocycles. The van der Waals surface area contributed by atoms with Crippen LogP contribution in [0, 0.1) is 0 Å². The number of hydrogen-bond donors (Lipinski definition) is 2. The molecule has 0 aliphatic carbocycles. The Bertz CT molecular complexity index is 744. The molecule has 1 aromatic heterocycles. The number of urea groups is 1. The Labute approximate surface area is 135 Å². The molecule has 1 fully saturated rings. The van der Waals surface area contributed by atoms with Crippen molar-refractivity contribution in [3.8, 4) is 5.69 Å². The largest absolute Gasteiger partial charge is 0.416 e. The summed E-state index contributed by atoms with van der Waals surface area (Å²) < 4.78 is 39.5. The van der Waals surface area contributed by atoms with Crippen LogP contribution in [0.25, 0.3) is 5.69 Å². The average Bonchev–Trinajstić information content (AvgIpc) is 3.16. The van der Waals surface area contributed by atoms with E-state index in [0.29, 0.717) is 13.0 Å². The van der Waals surface area contributed by atoms with Crippen molar-refractivity contribution in [1.82, 2.24) is 14.7 Å². The Hall–Kier alpha value is -2.55. The van der Waals surface area contributed by atoms with Gasteiger partial charge in [-0.1, -0.05) is 6.07 Å². The van der Waals surface area contributed by atoms with E-state index in [1.807, 2.05) is 0 Å². The van der Waals surface area contributed by atoms with E-state index in [-0.39, 0.29) is 18.1 Å². The van der Waals surface area contributed by atoms with Gasteiger partial charge >= 0.3 is 12.2 Å². The first-order chi connectivity index (χ1) is 11.3. The molecular weight excluding hydrogens is 325 g/mol. The summed E-state index contributed by atoms with van der Waals surface area (Å²) in [6.07, 6.45) is -2.98. The number of β-amino-alcohol motifs (C(OH)–C–C–N with tert-alkyl or cyclic N) is 1. The Kier molecular flexibility index (Phi) is 4.18. The lowest BCUT2D eigenvalue weighted by molar-refractivity contribution is -0.137. The third kappa shape index (κ3) is 3.51. The monoisotopic (exact) mass is 340 g/mol. The number of likely N-dealkylation sites (tertiary alicyclic amines) is 1. The fourth-order valence-corrected chi connectivity index (χ4v) is 2.47. The molecule has 0 spiro atoms. The average molecular weight is 340 g/mol. The minimum Gasteiger partial charge on any atom is -0.391 e. The van der Waals surface area contributed by atoms with Gasteiger partial charge in [0, 0.05) is 25.4 Å². The zero-order chi connectivity index (χ0) is 17.3. The van der Waals surface area contributed by atoms with E-state index < -0.39 is 23.9 Å². The van der Waals surface area contributed by atoms with E-state index in [2.05, 4.69) is 10.4 Å². The maximum absolute atomic E-state index is 12.8. The molecule has 6 nitrogen and oxygen atoms in total. The van der Waals surface area contributed by atoms with Crippen molar-refractivity contribution in [3.63, 3.8) is 0 Å². The van der Waals surface area contributed by atoms with Gasteiger partial charge in [-0.25, -0.2) is 9.48 Å². The molecule has 1 saturated heterocycles. The van der Waals surface area contributed by atoms with Crippen LogP contribution >= 0.6 is 0 Å². The molecule has 0 bridgehead atoms. The van der Waals surface area contributed by atoms with Crippen molar-refractivity contribution in [2.24, 2.45) is 0 Å². The first-order valence-electron chi connectivity index (χ1n) is 7.30. The van der Waals surface area contributed by atoms with Gasteiger partial charge in [0.25, 0.3) is 0 Å². The number of hydrogen-bond acceptors (Lipinski definition) is 3. The third-order valence-corrected chi connectivity index (χ3v) is 3.71. The predicted octanol–water partition coefficient (Wildman–Crippen LogP) is 2.49. The Morgan fingerprint density at radius 1 is 1.33 bits per heavy atom. The van der Waals surface area contributed by atoms with Crippen LogP contribution in [0.15, 0.2) is 36.5 Å². The molecule has 3 rings (SSSR count). The van der Waals surface area contributed by atoms with Gasteiger partial charge in [0.1, 0.15) is 0 Å². The molecule has 2 heterocycles. The Morgan fingerprint density at radius 3 is 2.79 bits per heavy atom. The Morgan fingerprint density at radius 2 is 2.12 bits per heavy atom. The summed E-state index contributed by atoms with van der Waals surface area (Å²) in [4.78, 5) is 13.4.